The number of methoxy groups -OCH3 is 1. The average Bonchev–Trinajstić information content (AvgIpc) is 3.71. The lowest BCUT2D eigenvalue weighted by atomic mass is 9.89. The van der Waals surface area contributed by atoms with Crippen LogP contribution in [-0.2, 0) is 5.54 Å². The smallest absolute Gasteiger partial charge is 0.258 e. The number of likely N-dealkylation sites (tertiary alicyclic amines) is 1. The van der Waals surface area contributed by atoms with Gasteiger partial charge in [0.05, 0.1) is 30.1 Å². The molecule has 1 aliphatic carbocycles. The normalized spacial score (nSPS) is 18.3. The molecule has 1 saturated carbocycles. The molecule has 2 aromatic carbocycles. The van der Waals surface area contributed by atoms with Crippen LogP contribution in [0.25, 0.3) is 0 Å². The molecule has 6 rings (SSSR count). The lowest BCUT2D eigenvalue weighted by Gasteiger charge is -2.29. The van der Waals surface area contributed by atoms with Crippen molar-refractivity contribution in [2.45, 2.75) is 37.1 Å². The summed E-state index contributed by atoms with van der Waals surface area (Å²) in [6.45, 7) is 2.17. The van der Waals surface area contributed by atoms with Crippen LogP contribution >= 0.6 is 0 Å². The summed E-state index contributed by atoms with van der Waals surface area (Å²) in [5.74, 6) is 1.87. The lowest BCUT2D eigenvalue weighted by molar-refractivity contribution is 0.0753. The number of carbonyl (C=O) groups is 1. The van der Waals surface area contributed by atoms with E-state index in [1.54, 1.807) is 18.1 Å². The van der Waals surface area contributed by atoms with Gasteiger partial charge in [-0.1, -0.05) is 18.2 Å². The highest BCUT2D eigenvalue weighted by Gasteiger charge is 2.57. The van der Waals surface area contributed by atoms with Crippen molar-refractivity contribution in [1.82, 2.24) is 19.8 Å². The minimum atomic E-state index is -0.224. The first-order valence-electron chi connectivity index (χ1n) is 12.9. The number of fused-ring (bicyclic) bond motifs is 2. The molecule has 1 saturated heterocycles. The number of nitriles is 1. The van der Waals surface area contributed by atoms with Gasteiger partial charge in [0.15, 0.2) is 0 Å². The van der Waals surface area contributed by atoms with E-state index in [2.05, 4.69) is 45.4 Å². The number of hydrogen-bond acceptors (Lipinski definition) is 8. The molecule has 2 aliphatic heterocycles. The largest absolute Gasteiger partial charge is 0.495 e. The zero-order valence-corrected chi connectivity index (χ0v) is 21.8. The van der Waals surface area contributed by atoms with Gasteiger partial charge in [0.1, 0.15) is 23.1 Å². The Bertz CT molecular complexity index is 1450. The van der Waals surface area contributed by atoms with Crippen molar-refractivity contribution in [1.29, 1.82) is 5.26 Å². The van der Waals surface area contributed by atoms with Gasteiger partial charge in [-0.2, -0.15) is 10.2 Å². The average molecular weight is 511 g/mol. The summed E-state index contributed by atoms with van der Waals surface area (Å²) in [7, 11) is 5.63. The Morgan fingerprint density at radius 1 is 1.13 bits per heavy atom. The maximum absolute atomic E-state index is 13.1. The molecular weight excluding hydrogens is 480 g/mol. The minimum absolute atomic E-state index is 0.0755. The van der Waals surface area contributed by atoms with Gasteiger partial charge >= 0.3 is 0 Å². The van der Waals surface area contributed by atoms with Crippen molar-refractivity contribution < 1.29 is 14.3 Å². The van der Waals surface area contributed by atoms with Crippen molar-refractivity contribution in [3.63, 3.8) is 0 Å². The minimum Gasteiger partial charge on any atom is -0.495 e. The monoisotopic (exact) mass is 510 g/mol. The van der Waals surface area contributed by atoms with Gasteiger partial charge in [-0.25, -0.2) is 4.98 Å². The molecule has 38 heavy (non-hydrogen) atoms. The number of anilines is 2. The SMILES string of the molecule is COc1cc(C2CCN(C)CC2)ccc1Nc1ncc(C#N)c(Oc2cccc3c2C(=O)N(C)C32CC2)n1. The van der Waals surface area contributed by atoms with Crippen molar-refractivity contribution in [3.05, 3.63) is 64.8 Å². The van der Waals surface area contributed by atoms with Crippen LogP contribution in [0.5, 0.6) is 17.4 Å². The van der Waals surface area contributed by atoms with E-state index in [1.165, 1.54) is 11.8 Å². The molecule has 9 nitrogen and oxygen atoms in total. The highest BCUT2D eigenvalue weighted by molar-refractivity contribution is 6.03. The third-order valence-corrected chi connectivity index (χ3v) is 8.15. The van der Waals surface area contributed by atoms with Crippen LogP contribution in [0.3, 0.4) is 0 Å². The van der Waals surface area contributed by atoms with Gasteiger partial charge in [0, 0.05) is 7.05 Å². The van der Waals surface area contributed by atoms with Crippen LogP contribution in [0.4, 0.5) is 11.6 Å². The Morgan fingerprint density at radius 2 is 1.92 bits per heavy atom. The standard InChI is InChI=1S/C29H30N6O3/c1-34-13-9-18(10-14-34)19-7-8-22(24(15-19)37-3)32-28-31-17-20(16-30)26(33-28)38-23-6-4-5-21-25(23)27(36)35(2)29(21)11-12-29/h4-8,15,17-18H,9-14H2,1-3H3,(H,31,32,33). The second kappa shape index (κ2) is 9.30. The predicted molar refractivity (Wildman–Crippen MR) is 142 cm³/mol. The Labute approximate surface area is 222 Å². The van der Waals surface area contributed by atoms with Crippen molar-refractivity contribution in [2.75, 3.05) is 39.6 Å². The fraction of sp³-hybridized carbons (Fsp3) is 0.379. The van der Waals surface area contributed by atoms with E-state index < -0.39 is 0 Å². The number of amides is 1. The fourth-order valence-electron chi connectivity index (χ4n) is 5.70. The topological polar surface area (TPSA) is 104 Å². The van der Waals surface area contributed by atoms with Gasteiger partial charge in [0.25, 0.3) is 5.91 Å². The highest BCUT2D eigenvalue weighted by atomic mass is 16.5. The van der Waals surface area contributed by atoms with Gasteiger partial charge in [-0.05, 0) is 81.1 Å². The van der Waals surface area contributed by atoms with Crippen molar-refractivity contribution >= 4 is 17.5 Å². The third-order valence-electron chi connectivity index (χ3n) is 8.15. The first-order chi connectivity index (χ1) is 18.4. The number of benzene rings is 2. The Balaban J connectivity index is 1.27. The molecule has 1 spiro atoms. The Morgan fingerprint density at radius 3 is 2.63 bits per heavy atom. The van der Waals surface area contributed by atoms with E-state index in [1.807, 2.05) is 25.2 Å². The van der Waals surface area contributed by atoms with Crippen LogP contribution in [0.2, 0.25) is 0 Å². The molecule has 0 radical (unpaired) electrons. The number of piperidine rings is 1. The summed E-state index contributed by atoms with van der Waals surface area (Å²) in [4.78, 5) is 26.0. The van der Waals surface area contributed by atoms with Crippen LogP contribution in [0.15, 0.2) is 42.6 Å². The molecule has 0 bridgehead atoms. The van der Waals surface area contributed by atoms with Gasteiger partial charge < -0.3 is 24.6 Å². The Hall–Kier alpha value is -4.16. The van der Waals surface area contributed by atoms with Crippen LogP contribution in [0.1, 0.15) is 58.6 Å². The maximum Gasteiger partial charge on any atom is 0.258 e. The molecule has 0 atom stereocenters. The number of hydrogen-bond donors (Lipinski definition) is 1. The molecule has 0 unspecified atom stereocenters. The third kappa shape index (κ3) is 4.02. The number of rotatable bonds is 6. The van der Waals surface area contributed by atoms with Gasteiger partial charge in [-0.15, -0.1) is 0 Å². The number of nitrogens with zero attached hydrogens (tertiary/aromatic N) is 5. The van der Waals surface area contributed by atoms with Crippen molar-refractivity contribution in [2.24, 2.45) is 0 Å². The van der Waals surface area contributed by atoms with Crippen LogP contribution in [0, 0.1) is 11.3 Å². The van der Waals surface area contributed by atoms with Crippen molar-refractivity contribution in [3.8, 4) is 23.4 Å². The van der Waals surface area contributed by atoms with E-state index in [9.17, 15) is 10.1 Å². The quantitative estimate of drug-likeness (QED) is 0.506. The summed E-state index contributed by atoms with van der Waals surface area (Å²) in [6.07, 6.45) is 5.54. The molecular formula is C29H30N6O3. The van der Waals surface area contributed by atoms with Gasteiger partial charge in [0.2, 0.25) is 11.8 Å². The molecule has 3 heterocycles. The van der Waals surface area contributed by atoms with Crippen LogP contribution < -0.4 is 14.8 Å². The molecule has 3 aromatic rings. The summed E-state index contributed by atoms with van der Waals surface area (Å²) in [5, 5.41) is 12.9. The number of carbonyl (C=O) groups excluding carboxylic acids is 1. The predicted octanol–water partition coefficient (Wildman–Crippen LogP) is 4.78. The zero-order chi connectivity index (χ0) is 26.4. The molecule has 1 amide bonds. The van der Waals surface area contributed by atoms with E-state index in [4.69, 9.17) is 9.47 Å². The molecule has 3 aliphatic rings. The molecule has 2 fully saturated rings. The lowest BCUT2D eigenvalue weighted by Crippen LogP contribution is -2.29. The summed E-state index contributed by atoms with van der Waals surface area (Å²) in [6, 6.07) is 13.9. The van der Waals surface area contributed by atoms with E-state index >= 15 is 0 Å². The van der Waals surface area contributed by atoms with E-state index in [0.717, 1.165) is 44.3 Å². The van der Waals surface area contributed by atoms with Gasteiger partial charge in [-0.3, -0.25) is 4.79 Å². The number of ether oxygens (including phenoxy) is 2. The molecule has 1 N–H and O–H groups in total. The van der Waals surface area contributed by atoms with E-state index in [0.29, 0.717) is 28.7 Å². The first-order valence-corrected chi connectivity index (χ1v) is 12.9. The summed E-state index contributed by atoms with van der Waals surface area (Å²) < 4.78 is 11.8. The molecule has 9 heteroatoms. The zero-order valence-electron chi connectivity index (χ0n) is 21.8. The summed E-state index contributed by atoms with van der Waals surface area (Å²) >= 11 is 0. The van der Waals surface area contributed by atoms with E-state index in [-0.39, 0.29) is 28.8 Å². The fourth-order valence-corrected chi connectivity index (χ4v) is 5.70. The molecule has 1 aromatic heterocycles. The Kier molecular flexibility index (Phi) is 5.92. The summed E-state index contributed by atoms with van der Waals surface area (Å²) in [5.41, 5.74) is 3.44. The maximum atomic E-state index is 13.1. The first kappa shape index (κ1) is 24.2. The number of aromatic nitrogens is 2. The number of nitrogens with one attached hydrogen (secondary N) is 1. The van der Waals surface area contributed by atoms with Crippen LogP contribution in [-0.4, -0.2) is 60.0 Å². The second-order valence-electron chi connectivity index (χ2n) is 10.4. The highest BCUT2D eigenvalue weighted by Crippen LogP contribution is 2.57. The second-order valence-corrected chi connectivity index (χ2v) is 10.4. The molecule has 194 valence electrons.